The van der Waals surface area contributed by atoms with Gasteiger partial charge in [0.25, 0.3) is 0 Å². The molecule has 0 unspecified atom stereocenters. The molecule has 0 atom stereocenters. The van der Waals surface area contributed by atoms with Crippen molar-refractivity contribution in [3.05, 3.63) is 95.9 Å². The highest BCUT2D eigenvalue weighted by Gasteiger charge is 2.27. The minimum atomic E-state index is -3.75. The fourth-order valence-electron chi connectivity index (χ4n) is 3.01. The van der Waals surface area contributed by atoms with E-state index in [-0.39, 0.29) is 22.7 Å². The molecule has 1 heterocycles. The van der Waals surface area contributed by atoms with E-state index in [0.717, 1.165) is 5.56 Å². The van der Waals surface area contributed by atoms with Gasteiger partial charge in [0.05, 0.1) is 24.7 Å². The third kappa shape index (κ3) is 5.13. The molecule has 0 aliphatic carbocycles. The summed E-state index contributed by atoms with van der Waals surface area (Å²) in [5, 5.41) is 0. The quantitative estimate of drug-likeness (QED) is 0.642. The van der Waals surface area contributed by atoms with Crippen molar-refractivity contribution in [3.63, 3.8) is 0 Å². The Morgan fingerprint density at radius 3 is 2.19 bits per heavy atom. The van der Waals surface area contributed by atoms with E-state index in [9.17, 15) is 18.0 Å². The van der Waals surface area contributed by atoms with E-state index in [2.05, 4.69) is 4.72 Å². The van der Waals surface area contributed by atoms with Crippen molar-refractivity contribution in [2.45, 2.75) is 11.4 Å². The van der Waals surface area contributed by atoms with Gasteiger partial charge in [0, 0.05) is 18.4 Å². The Labute approximate surface area is 186 Å². The summed E-state index contributed by atoms with van der Waals surface area (Å²) in [6, 6.07) is 15.1. The van der Waals surface area contributed by atoms with E-state index in [4.69, 9.17) is 9.47 Å². The van der Waals surface area contributed by atoms with Gasteiger partial charge in [-0.3, -0.25) is 0 Å². The SMILES string of the molecule is COC(=O)C1=C(C(=O)OC)N(c2ccc(S(=O)(=O)NCc3ccccc3)cc2)C=CC=C1. The van der Waals surface area contributed by atoms with Gasteiger partial charge < -0.3 is 14.4 Å². The molecule has 0 saturated heterocycles. The van der Waals surface area contributed by atoms with Crippen LogP contribution in [0, 0.1) is 0 Å². The number of nitrogens with one attached hydrogen (secondary N) is 1. The van der Waals surface area contributed by atoms with Crippen LogP contribution in [0.25, 0.3) is 0 Å². The van der Waals surface area contributed by atoms with Crippen LogP contribution in [0.15, 0.2) is 95.2 Å². The van der Waals surface area contributed by atoms with Crippen LogP contribution >= 0.6 is 0 Å². The molecule has 0 radical (unpaired) electrons. The Kier molecular flexibility index (Phi) is 7.24. The third-order valence-corrected chi connectivity index (χ3v) is 6.04. The molecule has 0 amide bonds. The van der Waals surface area contributed by atoms with E-state index < -0.39 is 22.0 Å². The summed E-state index contributed by atoms with van der Waals surface area (Å²) in [4.78, 5) is 26.2. The van der Waals surface area contributed by atoms with E-state index in [0.29, 0.717) is 5.69 Å². The molecule has 0 bridgehead atoms. The van der Waals surface area contributed by atoms with Gasteiger partial charge in [0.2, 0.25) is 10.0 Å². The Hall–Kier alpha value is -3.69. The van der Waals surface area contributed by atoms with Crippen molar-refractivity contribution in [1.82, 2.24) is 4.72 Å². The second kappa shape index (κ2) is 10.1. The van der Waals surface area contributed by atoms with Crippen LogP contribution in [0.1, 0.15) is 5.56 Å². The van der Waals surface area contributed by atoms with Crippen LogP contribution in [-0.4, -0.2) is 34.6 Å². The van der Waals surface area contributed by atoms with Gasteiger partial charge in [-0.2, -0.15) is 0 Å². The van der Waals surface area contributed by atoms with E-state index in [1.54, 1.807) is 18.4 Å². The first-order chi connectivity index (χ1) is 15.4. The number of ether oxygens (including phenoxy) is 2. The lowest BCUT2D eigenvalue weighted by Gasteiger charge is -2.23. The molecular weight excluding hydrogens is 432 g/mol. The molecule has 32 heavy (non-hydrogen) atoms. The van der Waals surface area contributed by atoms with Crippen molar-refractivity contribution in [1.29, 1.82) is 0 Å². The van der Waals surface area contributed by atoms with Crippen LogP contribution in [-0.2, 0) is 35.6 Å². The smallest absolute Gasteiger partial charge is 0.355 e. The summed E-state index contributed by atoms with van der Waals surface area (Å²) in [7, 11) is -1.34. The zero-order valence-corrected chi connectivity index (χ0v) is 18.3. The molecule has 1 aliphatic rings. The normalized spacial score (nSPS) is 13.6. The Bertz CT molecular complexity index is 1180. The molecule has 2 aromatic rings. The molecular formula is C23H22N2O6S. The van der Waals surface area contributed by atoms with Crippen molar-refractivity contribution >= 4 is 27.6 Å². The minimum Gasteiger partial charge on any atom is -0.465 e. The summed E-state index contributed by atoms with van der Waals surface area (Å²) in [5.41, 5.74) is 1.24. The number of benzene rings is 2. The monoisotopic (exact) mass is 454 g/mol. The van der Waals surface area contributed by atoms with Gasteiger partial charge in [-0.15, -0.1) is 0 Å². The fourth-order valence-corrected chi connectivity index (χ4v) is 4.03. The number of carbonyl (C=O) groups is 2. The topological polar surface area (TPSA) is 102 Å². The highest BCUT2D eigenvalue weighted by molar-refractivity contribution is 7.89. The number of nitrogens with zero attached hydrogens (tertiary/aromatic N) is 1. The molecule has 2 aromatic carbocycles. The van der Waals surface area contributed by atoms with Crippen molar-refractivity contribution in [2.24, 2.45) is 0 Å². The lowest BCUT2D eigenvalue weighted by molar-refractivity contribution is -0.139. The average Bonchev–Trinajstić information content (AvgIpc) is 3.05. The first-order valence-corrected chi connectivity index (χ1v) is 11.0. The molecule has 3 rings (SSSR count). The lowest BCUT2D eigenvalue weighted by atomic mass is 10.1. The van der Waals surface area contributed by atoms with E-state index in [1.807, 2.05) is 30.3 Å². The molecule has 1 N–H and O–H groups in total. The second-order valence-electron chi connectivity index (χ2n) is 6.62. The summed E-state index contributed by atoms with van der Waals surface area (Å²) < 4.78 is 37.5. The van der Waals surface area contributed by atoms with Crippen molar-refractivity contribution < 1.29 is 27.5 Å². The maximum Gasteiger partial charge on any atom is 0.355 e. The number of hydrogen-bond donors (Lipinski definition) is 1. The fraction of sp³-hybridized carbons (Fsp3) is 0.130. The van der Waals surface area contributed by atoms with E-state index >= 15 is 0 Å². The van der Waals surface area contributed by atoms with Gasteiger partial charge in [-0.1, -0.05) is 36.4 Å². The summed E-state index contributed by atoms with van der Waals surface area (Å²) >= 11 is 0. The van der Waals surface area contributed by atoms with Gasteiger partial charge in [0.1, 0.15) is 5.70 Å². The maximum atomic E-state index is 12.7. The molecule has 9 heteroatoms. The molecule has 0 aromatic heterocycles. The largest absolute Gasteiger partial charge is 0.465 e. The third-order valence-electron chi connectivity index (χ3n) is 4.62. The predicted molar refractivity (Wildman–Crippen MR) is 119 cm³/mol. The van der Waals surface area contributed by atoms with Gasteiger partial charge in [0.15, 0.2) is 0 Å². The molecule has 0 saturated carbocycles. The number of sulfonamides is 1. The van der Waals surface area contributed by atoms with Crippen LogP contribution < -0.4 is 9.62 Å². The number of rotatable bonds is 7. The molecule has 8 nitrogen and oxygen atoms in total. The van der Waals surface area contributed by atoms with Gasteiger partial charge >= 0.3 is 11.9 Å². The summed E-state index contributed by atoms with van der Waals surface area (Å²) in [6.07, 6.45) is 6.23. The minimum absolute atomic E-state index is 0.00516. The highest BCUT2D eigenvalue weighted by Crippen LogP contribution is 2.27. The predicted octanol–water partition coefficient (Wildman–Crippen LogP) is 2.66. The zero-order chi connectivity index (χ0) is 23.1. The van der Waals surface area contributed by atoms with Crippen LogP contribution in [0.3, 0.4) is 0 Å². The standard InChI is InChI=1S/C23H22N2O6S/c1-30-22(26)20-10-6-7-15-25(21(20)23(27)31-2)18-11-13-19(14-12-18)32(28,29)24-16-17-8-4-3-5-9-17/h3-15,24H,16H2,1-2H3. The van der Waals surface area contributed by atoms with E-state index in [1.165, 1.54) is 49.5 Å². The number of carbonyl (C=O) groups excluding carboxylic acids is 2. The number of methoxy groups -OCH3 is 2. The highest BCUT2D eigenvalue weighted by atomic mass is 32.2. The number of allylic oxidation sites excluding steroid dienone is 2. The summed E-state index contributed by atoms with van der Waals surface area (Å²) in [5.74, 6) is -1.46. The maximum absolute atomic E-state index is 12.7. The van der Waals surface area contributed by atoms with Crippen LogP contribution in [0.4, 0.5) is 5.69 Å². The molecule has 166 valence electrons. The zero-order valence-electron chi connectivity index (χ0n) is 17.5. The van der Waals surface area contributed by atoms with Crippen LogP contribution in [0.5, 0.6) is 0 Å². The van der Waals surface area contributed by atoms with Crippen LogP contribution in [0.2, 0.25) is 0 Å². The number of esters is 2. The Morgan fingerprint density at radius 2 is 1.56 bits per heavy atom. The first kappa shape index (κ1) is 23.0. The number of hydrogen-bond acceptors (Lipinski definition) is 7. The van der Waals surface area contributed by atoms with Crippen molar-refractivity contribution in [2.75, 3.05) is 19.1 Å². The molecule has 1 aliphatic heterocycles. The van der Waals surface area contributed by atoms with Crippen molar-refractivity contribution in [3.8, 4) is 0 Å². The molecule has 0 spiro atoms. The second-order valence-corrected chi connectivity index (χ2v) is 8.39. The average molecular weight is 455 g/mol. The summed E-state index contributed by atoms with van der Waals surface area (Å²) in [6.45, 7) is 0.156. The Balaban J connectivity index is 1.91. The number of anilines is 1. The molecule has 0 fully saturated rings. The van der Waals surface area contributed by atoms with Gasteiger partial charge in [-0.25, -0.2) is 22.7 Å². The van der Waals surface area contributed by atoms with Gasteiger partial charge in [-0.05, 0) is 42.0 Å². The Morgan fingerprint density at radius 1 is 0.906 bits per heavy atom. The first-order valence-electron chi connectivity index (χ1n) is 9.56. The lowest BCUT2D eigenvalue weighted by Crippen LogP contribution is -2.27.